The smallest absolute Gasteiger partial charge is 0.195 e. The number of fused-ring (bicyclic) bond motifs is 2. The molecule has 0 amide bonds. The van der Waals surface area contributed by atoms with Crippen LogP contribution in [0, 0.1) is 0 Å². The molecule has 90 valence electrons. The zero-order valence-corrected chi connectivity index (χ0v) is 11.3. The predicted octanol–water partition coefficient (Wildman–Crippen LogP) is 4.54. The number of rotatable bonds is 1. The third-order valence-electron chi connectivity index (χ3n) is 3.27. The zero-order valence-electron chi connectivity index (χ0n) is 10.4. The van der Waals surface area contributed by atoms with Gasteiger partial charge in [-0.3, -0.25) is 4.79 Å². The van der Waals surface area contributed by atoms with Crippen LogP contribution in [0.15, 0.2) is 47.3 Å². The first-order valence-electron chi connectivity index (χ1n) is 6.12. The van der Waals surface area contributed by atoms with Gasteiger partial charge in [-0.2, -0.15) is 0 Å². The zero-order chi connectivity index (χ0) is 12.7. The standard InChI is InChI=1S/C16H14OS/c1-10(2)11-7-8-13-15(9-11)18-14-6-4-3-5-12(14)16(13)17/h3-10H,1-2H3. The molecule has 3 rings (SSSR count). The molecule has 0 bridgehead atoms. The second-order valence-electron chi connectivity index (χ2n) is 4.84. The first kappa shape index (κ1) is 11.4. The summed E-state index contributed by atoms with van der Waals surface area (Å²) in [6.45, 7) is 4.34. The van der Waals surface area contributed by atoms with Crippen molar-refractivity contribution in [1.29, 1.82) is 0 Å². The highest BCUT2D eigenvalue weighted by Crippen LogP contribution is 2.27. The van der Waals surface area contributed by atoms with Crippen LogP contribution in [-0.2, 0) is 0 Å². The van der Waals surface area contributed by atoms with Crippen LogP contribution >= 0.6 is 11.3 Å². The van der Waals surface area contributed by atoms with E-state index in [9.17, 15) is 4.79 Å². The molecule has 18 heavy (non-hydrogen) atoms. The van der Waals surface area contributed by atoms with E-state index in [2.05, 4.69) is 26.0 Å². The normalized spacial score (nSPS) is 11.5. The fraction of sp³-hybridized carbons (Fsp3) is 0.188. The minimum atomic E-state index is 0.148. The van der Waals surface area contributed by atoms with Crippen LogP contribution in [0.1, 0.15) is 25.3 Å². The first-order valence-corrected chi connectivity index (χ1v) is 6.94. The summed E-state index contributed by atoms with van der Waals surface area (Å²) in [7, 11) is 0. The summed E-state index contributed by atoms with van der Waals surface area (Å²) in [5.41, 5.74) is 1.43. The van der Waals surface area contributed by atoms with Gasteiger partial charge >= 0.3 is 0 Å². The van der Waals surface area contributed by atoms with E-state index in [0.717, 1.165) is 20.2 Å². The van der Waals surface area contributed by atoms with E-state index in [1.165, 1.54) is 5.56 Å². The number of hydrogen-bond donors (Lipinski definition) is 0. The van der Waals surface area contributed by atoms with E-state index in [1.807, 2.05) is 30.3 Å². The van der Waals surface area contributed by atoms with Gasteiger partial charge in [0.1, 0.15) is 0 Å². The molecule has 1 aromatic heterocycles. The highest BCUT2D eigenvalue weighted by Gasteiger charge is 2.07. The molecule has 0 saturated heterocycles. The third-order valence-corrected chi connectivity index (χ3v) is 4.40. The molecule has 0 unspecified atom stereocenters. The van der Waals surface area contributed by atoms with Gasteiger partial charge in [0.25, 0.3) is 0 Å². The second kappa shape index (κ2) is 4.21. The van der Waals surface area contributed by atoms with Gasteiger partial charge < -0.3 is 0 Å². The summed E-state index contributed by atoms with van der Waals surface area (Å²) in [5.74, 6) is 0.489. The Morgan fingerprint density at radius 2 is 1.67 bits per heavy atom. The van der Waals surface area contributed by atoms with E-state index in [-0.39, 0.29) is 5.43 Å². The molecule has 0 saturated carbocycles. The van der Waals surface area contributed by atoms with Crippen LogP contribution in [0.2, 0.25) is 0 Å². The number of hydrogen-bond acceptors (Lipinski definition) is 2. The van der Waals surface area contributed by atoms with Gasteiger partial charge in [0.15, 0.2) is 5.43 Å². The SMILES string of the molecule is CC(C)c1ccc2c(=O)c3ccccc3sc2c1. The van der Waals surface area contributed by atoms with E-state index in [4.69, 9.17) is 0 Å². The van der Waals surface area contributed by atoms with Crippen molar-refractivity contribution in [2.45, 2.75) is 19.8 Å². The Kier molecular flexibility index (Phi) is 2.67. The molecule has 0 atom stereocenters. The van der Waals surface area contributed by atoms with E-state index in [1.54, 1.807) is 11.3 Å². The predicted molar refractivity (Wildman–Crippen MR) is 79.7 cm³/mol. The summed E-state index contributed by atoms with van der Waals surface area (Å²) in [4.78, 5) is 12.4. The molecular weight excluding hydrogens is 240 g/mol. The van der Waals surface area contributed by atoms with Crippen molar-refractivity contribution in [3.8, 4) is 0 Å². The molecule has 1 heterocycles. The number of benzene rings is 2. The maximum absolute atomic E-state index is 12.4. The molecule has 0 radical (unpaired) electrons. The van der Waals surface area contributed by atoms with Crippen LogP contribution in [0.3, 0.4) is 0 Å². The minimum Gasteiger partial charge on any atom is -0.289 e. The van der Waals surface area contributed by atoms with E-state index < -0.39 is 0 Å². The monoisotopic (exact) mass is 254 g/mol. The third kappa shape index (κ3) is 1.73. The van der Waals surface area contributed by atoms with Crippen LogP contribution in [0.5, 0.6) is 0 Å². The maximum Gasteiger partial charge on any atom is 0.195 e. The molecule has 0 N–H and O–H groups in total. The molecule has 0 aliphatic heterocycles. The molecule has 0 fully saturated rings. The Hall–Kier alpha value is -1.67. The summed E-state index contributed by atoms with van der Waals surface area (Å²) in [6.07, 6.45) is 0. The van der Waals surface area contributed by atoms with Crippen molar-refractivity contribution in [2.75, 3.05) is 0 Å². The van der Waals surface area contributed by atoms with Crippen LogP contribution in [0.25, 0.3) is 20.2 Å². The van der Waals surface area contributed by atoms with E-state index in [0.29, 0.717) is 5.92 Å². The van der Waals surface area contributed by atoms with Crippen molar-refractivity contribution in [3.05, 3.63) is 58.3 Å². The van der Waals surface area contributed by atoms with E-state index >= 15 is 0 Å². The lowest BCUT2D eigenvalue weighted by atomic mass is 10.0. The fourth-order valence-electron chi connectivity index (χ4n) is 2.18. The Labute approximate surface area is 110 Å². The molecule has 0 spiro atoms. The lowest BCUT2D eigenvalue weighted by molar-refractivity contribution is 0.869. The van der Waals surface area contributed by atoms with Gasteiger partial charge in [-0.25, -0.2) is 0 Å². The Morgan fingerprint density at radius 3 is 2.44 bits per heavy atom. The van der Waals surface area contributed by atoms with Crippen molar-refractivity contribution >= 4 is 31.5 Å². The molecular formula is C16H14OS. The molecule has 3 aromatic rings. The van der Waals surface area contributed by atoms with Crippen molar-refractivity contribution in [2.24, 2.45) is 0 Å². The molecule has 2 aromatic carbocycles. The molecule has 0 aliphatic carbocycles. The van der Waals surface area contributed by atoms with Crippen molar-refractivity contribution < 1.29 is 0 Å². The average Bonchev–Trinajstić information content (AvgIpc) is 2.38. The van der Waals surface area contributed by atoms with Crippen LogP contribution < -0.4 is 5.43 Å². The molecule has 1 nitrogen and oxygen atoms in total. The summed E-state index contributed by atoms with van der Waals surface area (Å²) in [6, 6.07) is 14.0. The molecule has 2 heteroatoms. The van der Waals surface area contributed by atoms with Gasteiger partial charge in [0.2, 0.25) is 0 Å². The quantitative estimate of drug-likeness (QED) is 0.583. The Bertz CT molecular complexity index is 784. The highest BCUT2D eigenvalue weighted by molar-refractivity contribution is 7.24. The van der Waals surface area contributed by atoms with Crippen LogP contribution in [0.4, 0.5) is 0 Å². The summed E-state index contributed by atoms with van der Waals surface area (Å²) < 4.78 is 2.15. The largest absolute Gasteiger partial charge is 0.289 e. The summed E-state index contributed by atoms with van der Waals surface area (Å²) >= 11 is 1.70. The first-order chi connectivity index (χ1) is 8.66. The van der Waals surface area contributed by atoms with Gasteiger partial charge in [-0.1, -0.05) is 32.0 Å². The maximum atomic E-state index is 12.4. The topological polar surface area (TPSA) is 17.1 Å². The highest BCUT2D eigenvalue weighted by atomic mass is 32.1. The van der Waals surface area contributed by atoms with Gasteiger partial charge in [-0.05, 0) is 35.7 Å². The summed E-state index contributed by atoms with van der Waals surface area (Å²) in [5, 5.41) is 1.66. The molecule has 0 aliphatic rings. The minimum absolute atomic E-state index is 0.148. The van der Waals surface area contributed by atoms with Gasteiger partial charge in [0, 0.05) is 20.2 Å². The fourth-order valence-corrected chi connectivity index (χ4v) is 3.30. The Balaban J connectivity index is 2.44. The van der Waals surface area contributed by atoms with Gasteiger partial charge in [0.05, 0.1) is 0 Å². The lowest BCUT2D eigenvalue weighted by Gasteiger charge is -2.07. The van der Waals surface area contributed by atoms with Gasteiger partial charge in [-0.15, -0.1) is 11.3 Å². The van der Waals surface area contributed by atoms with Crippen molar-refractivity contribution in [1.82, 2.24) is 0 Å². The lowest BCUT2D eigenvalue weighted by Crippen LogP contribution is -2.01. The van der Waals surface area contributed by atoms with Crippen LogP contribution in [-0.4, -0.2) is 0 Å². The second-order valence-corrected chi connectivity index (χ2v) is 5.92. The van der Waals surface area contributed by atoms with Crippen molar-refractivity contribution in [3.63, 3.8) is 0 Å². The average molecular weight is 254 g/mol. The Morgan fingerprint density at radius 1 is 0.944 bits per heavy atom.